The van der Waals surface area contributed by atoms with Crippen LogP contribution in [0.3, 0.4) is 0 Å². The van der Waals surface area contributed by atoms with Crippen LogP contribution in [0.1, 0.15) is 35.7 Å². The quantitative estimate of drug-likeness (QED) is 0.330. The normalized spacial score (nSPS) is 17.6. The van der Waals surface area contributed by atoms with E-state index in [0.717, 1.165) is 5.56 Å². The Kier molecular flexibility index (Phi) is 5.54. The Bertz CT molecular complexity index is 1580. The molecule has 4 heterocycles. The zero-order valence-electron chi connectivity index (χ0n) is 20.1. The maximum absolute atomic E-state index is 13.6. The van der Waals surface area contributed by atoms with Gasteiger partial charge in [0.2, 0.25) is 5.91 Å². The second kappa shape index (κ2) is 8.33. The van der Waals surface area contributed by atoms with Gasteiger partial charge < -0.3 is 16.8 Å². The number of nitrogens with two attached hydrogens (primary N) is 2. The van der Waals surface area contributed by atoms with Crippen molar-refractivity contribution in [3.63, 3.8) is 0 Å². The fraction of sp³-hybridized carbons (Fsp3) is 0.292. The van der Waals surface area contributed by atoms with Crippen molar-refractivity contribution in [1.82, 2.24) is 24.3 Å². The Hall–Kier alpha value is -4.36. The Labute approximate surface area is 212 Å². The molecule has 5 N–H and O–H groups in total. The average Bonchev–Trinajstić information content (AvgIpc) is 3.34. The van der Waals surface area contributed by atoms with Gasteiger partial charge in [-0.15, -0.1) is 0 Å². The summed E-state index contributed by atoms with van der Waals surface area (Å²) < 4.78 is 66.7. The molecule has 14 heteroatoms. The van der Waals surface area contributed by atoms with Crippen LogP contribution >= 0.6 is 0 Å². The Morgan fingerprint density at radius 1 is 1.05 bits per heavy atom. The van der Waals surface area contributed by atoms with E-state index in [9.17, 15) is 26.7 Å². The van der Waals surface area contributed by atoms with Crippen LogP contribution in [0.4, 0.5) is 39.4 Å². The molecule has 0 spiro atoms. The number of aryl methyl sites for hydroxylation is 2. The summed E-state index contributed by atoms with van der Waals surface area (Å²) in [5, 5.41) is 2.71. The predicted octanol–water partition coefficient (Wildman–Crippen LogP) is 4.05. The van der Waals surface area contributed by atoms with E-state index in [-0.39, 0.29) is 46.2 Å². The third-order valence-electron chi connectivity index (χ3n) is 6.66. The topological polar surface area (TPSA) is 137 Å². The van der Waals surface area contributed by atoms with Gasteiger partial charge in [-0.05, 0) is 25.8 Å². The van der Waals surface area contributed by atoms with Crippen molar-refractivity contribution in [3.05, 3.63) is 59.0 Å². The van der Waals surface area contributed by atoms with Crippen LogP contribution in [0.2, 0.25) is 0 Å². The number of nitrogens with zero attached hydrogens (tertiary/aromatic N) is 5. The van der Waals surface area contributed by atoms with Crippen molar-refractivity contribution in [3.8, 4) is 11.5 Å². The molecule has 5 rings (SSSR count). The molecular formula is C24H21F5N8O. The van der Waals surface area contributed by atoms with Crippen molar-refractivity contribution in [2.45, 2.75) is 44.2 Å². The molecule has 1 aromatic carbocycles. The monoisotopic (exact) mass is 532 g/mol. The largest absolute Gasteiger partial charge is 0.453 e. The minimum absolute atomic E-state index is 0.0126. The molecule has 1 amide bonds. The van der Waals surface area contributed by atoms with Crippen molar-refractivity contribution in [1.29, 1.82) is 0 Å². The number of aromatic nitrogens is 5. The Morgan fingerprint density at radius 3 is 2.39 bits per heavy atom. The number of alkyl halides is 5. The van der Waals surface area contributed by atoms with Crippen LogP contribution in [0, 0.1) is 6.92 Å². The second-order valence-electron chi connectivity index (χ2n) is 9.25. The fourth-order valence-electron chi connectivity index (χ4n) is 4.45. The summed E-state index contributed by atoms with van der Waals surface area (Å²) >= 11 is 0. The van der Waals surface area contributed by atoms with Crippen molar-refractivity contribution < 1.29 is 26.7 Å². The van der Waals surface area contributed by atoms with E-state index in [1.807, 2.05) is 19.1 Å². The van der Waals surface area contributed by atoms with E-state index in [1.54, 1.807) is 19.1 Å². The summed E-state index contributed by atoms with van der Waals surface area (Å²) in [7, 11) is 0. The van der Waals surface area contributed by atoms with Crippen molar-refractivity contribution in [2.75, 3.05) is 16.8 Å². The highest BCUT2D eigenvalue weighted by molar-refractivity contribution is 6.09. The molecule has 38 heavy (non-hydrogen) atoms. The number of rotatable bonds is 5. The predicted molar refractivity (Wildman–Crippen MR) is 128 cm³/mol. The maximum atomic E-state index is 13.6. The van der Waals surface area contributed by atoms with Crippen molar-refractivity contribution in [2.24, 2.45) is 0 Å². The first kappa shape index (κ1) is 25.3. The molecule has 0 bridgehead atoms. The first-order chi connectivity index (χ1) is 17.7. The molecule has 0 saturated heterocycles. The lowest BCUT2D eigenvalue weighted by Gasteiger charge is -2.23. The third kappa shape index (κ3) is 3.87. The number of halogens is 5. The minimum Gasteiger partial charge on any atom is -0.383 e. The number of fused-ring (bicyclic) bond motifs is 2. The smallest absolute Gasteiger partial charge is 0.383 e. The molecule has 0 fully saturated rings. The van der Waals surface area contributed by atoms with Gasteiger partial charge in [0, 0.05) is 12.6 Å². The van der Waals surface area contributed by atoms with Crippen LogP contribution in [-0.4, -0.2) is 42.3 Å². The van der Waals surface area contributed by atoms with Gasteiger partial charge in [0.1, 0.15) is 28.6 Å². The molecule has 0 saturated carbocycles. The highest BCUT2D eigenvalue weighted by atomic mass is 19.4. The van der Waals surface area contributed by atoms with Gasteiger partial charge >= 0.3 is 12.1 Å². The molecule has 1 atom stereocenters. The van der Waals surface area contributed by atoms with Crippen molar-refractivity contribution >= 4 is 29.0 Å². The Balaban J connectivity index is 1.59. The van der Waals surface area contributed by atoms with Crippen LogP contribution in [0.15, 0.2) is 36.7 Å². The lowest BCUT2D eigenvalue weighted by atomic mass is 9.77. The molecule has 9 nitrogen and oxygen atoms in total. The average molecular weight is 532 g/mol. The SMILES string of the molecule is Cc1ccc(C2(C)C(=O)Nc3nc(-c4cn5c(N)cnc5c(CCC(F)(F)C(F)(F)F)n4)nc(N)c32)cc1. The van der Waals surface area contributed by atoms with Crippen LogP contribution in [-0.2, 0) is 16.6 Å². The van der Waals surface area contributed by atoms with Gasteiger partial charge in [-0.3, -0.25) is 9.20 Å². The number of carbonyl (C=O) groups excluding carboxylic acids is 1. The van der Waals surface area contributed by atoms with Gasteiger partial charge in [0.05, 0.1) is 17.5 Å². The second-order valence-corrected chi connectivity index (χ2v) is 9.25. The summed E-state index contributed by atoms with van der Waals surface area (Å²) in [6, 6.07) is 7.32. The number of benzene rings is 1. The number of nitrogen functional groups attached to an aromatic ring is 2. The highest BCUT2D eigenvalue weighted by Gasteiger charge is 2.56. The molecule has 1 aliphatic rings. The zero-order chi connectivity index (χ0) is 27.6. The number of anilines is 3. The van der Waals surface area contributed by atoms with Crippen LogP contribution in [0.5, 0.6) is 0 Å². The van der Waals surface area contributed by atoms with E-state index in [4.69, 9.17) is 11.5 Å². The number of carbonyl (C=O) groups is 1. The van der Waals surface area contributed by atoms with E-state index in [0.29, 0.717) is 11.1 Å². The standard InChI is InChI=1S/C24H21F5N8O/c1-11-3-5-12(6-4-11)22(2)16-17(31)34-18(35-19(16)36-21(22)38)14-10-37-15(30)9-32-20(37)13(33-14)7-8-23(25,26)24(27,28)29/h3-6,9-10H,7-8,30H2,1-2H3,(H3,31,34,35,36,38). The van der Waals surface area contributed by atoms with Gasteiger partial charge in [0.25, 0.3) is 0 Å². The number of amides is 1. The van der Waals surface area contributed by atoms with E-state index >= 15 is 0 Å². The third-order valence-corrected chi connectivity index (χ3v) is 6.66. The van der Waals surface area contributed by atoms with E-state index in [2.05, 4.69) is 25.3 Å². The summed E-state index contributed by atoms with van der Waals surface area (Å²) in [6.45, 7) is 3.60. The lowest BCUT2D eigenvalue weighted by Crippen LogP contribution is -2.36. The molecule has 198 valence electrons. The fourth-order valence-corrected chi connectivity index (χ4v) is 4.45. The summed E-state index contributed by atoms with van der Waals surface area (Å²) in [4.78, 5) is 30.0. The lowest BCUT2D eigenvalue weighted by molar-refractivity contribution is -0.284. The van der Waals surface area contributed by atoms with E-state index in [1.165, 1.54) is 16.8 Å². The van der Waals surface area contributed by atoms with Gasteiger partial charge in [-0.1, -0.05) is 29.8 Å². The minimum atomic E-state index is -5.71. The zero-order valence-corrected chi connectivity index (χ0v) is 20.1. The molecule has 4 aromatic rings. The first-order valence-corrected chi connectivity index (χ1v) is 11.4. The van der Waals surface area contributed by atoms with E-state index < -0.39 is 30.4 Å². The van der Waals surface area contributed by atoms with Gasteiger partial charge in [-0.2, -0.15) is 22.0 Å². The summed E-state index contributed by atoms with van der Waals surface area (Å²) in [5.74, 6) is -5.22. The molecule has 1 unspecified atom stereocenters. The summed E-state index contributed by atoms with van der Waals surface area (Å²) in [6.07, 6.45) is -5.44. The van der Waals surface area contributed by atoms with Crippen LogP contribution < -0.4 is 16.8 Å². The highest BCUT2D eigenvalue weighted by Crippen LogP contribution is 2.45. The number of hydrogen-bond donors (Lipinski definition) is 3. The number of hydrogen-bond acceptors (Lipinski definition) is 7. The number of nitrogens with one attached hydrogen (secondary N) is 1. The van der Waals surface area contributed by atoms with Gasteiger partial charge in [-0.25, -0.2) is 19.9 Å². The maximum Gasteiger partial charge on any atom is 0.453 e. The number of imidazole rings is 1. The van der Waals surface area contributed by atoms with Crippen LogP contribution in [0.25, 0.3) is 17.2 Å². The first-order valence-electron chi connectivity index (χ1n) is 11.4. The molecule has 1 aliphatic heterocycles. The molecule has 3 aromatic heterocycles. The summed E-state index contributed by atoms with van der Waals surface area (Å²) in [5.41, 5.74) is 12.9. The van der Waals surface area contributed by atoms with Gasteiger partial charge in [0.15, 0.2) is 11.5 Å². The molecule has 0 radical (unpaired) electrons. The Morgan fingerprint density at radius 2 is 1.74 bits per heavy atom. The molecular weight excluding hydrogens is 511 g/mol. The molecule has 0 aliphatic carbocycles.